The highest BCUT2D eigenvalue weighted by atomic mass is 32.2. The summed E-state index contributed by atoms with van der Waals surface area (Å²) in [4.78, 5) is 17.4. The summed E-state index contributed by atoms with van der Waals surface area (Å²) in [6, 6.07) is 9.06. The van der Waals surface area contributed by atoms with E-state index in [1.807, 2.05) is 12.1 Å². The second-order valence-corrected chi connectivity index (χ2v) is 8.86. The lowest BCUT2D eigenvalue weighted by Crippen LogP contribution is -2.50. The number of nitrogens with zero attached hydrogens (tertiary/aromatic N) is 2. The molecular formula is C19H23N3O3S. The van der Waals surface area contributed by atoms with E-state index in [1.165, 1.54) is 16.3 Å². The van der Waals surface area contributed by atoms with Crippen LogP contribution in [0.5, 0.6) is 0 Å². The molecule has 2 heterocycles. The van der Waals surface area contributed by atoms with Crippen molar-refractivity contribution in [3.8, 4) is 0 Å². The van der Waals surface area contributed by atoms with Crippen LogP contribution < -0.4 is 0 Å². The van der Waals surface area contributed by atoms with Gasteiger partial charge in [-0.2, -0.15) is 4.31 Å². The fourth-order valence-corrected chi connectivity index (χ4v) is 5.26. The molecule has 1 N–H and O–H groups in total. The van der Waals surface area contributed by atoms with Gasteiger partial charge < -0.3 is 9.88 Å². The lowest BCUT2D eigenvalue weighted by atomic mass is 9.92. The van der Waals surface area contributed by atoms with Crippen molar-refractivity contribution >= 4 is 15.9 Å². The number of piperazine rings is 1. The van der Waals surface area contributed by atoms with E-state index < -0.39 is 10.0 Å². The molecule has 1 amide bonds. The Labute approximate surface area is 153 Å². The number of fused-ring (bicyclic) bond motifs is 1. The molecule has 0 bridgehead atoms. The zero-order valence-electron chi connectivity index (χ0n) is 14.6. The minimum Gasteiger partial charge on any atom is -0.357 e. The third-order valence-corrected chi connectivity index (χ3v) is 7.21. The minimum absolute atomic E-state index is 0.0826. The van der Waals surface area contributed by atoms with Gasteiger partial charge in [0.15, 0.2) is 0 Å². The highest BCUT2D eigenvalue weighted by Crippen LogP contribution is 2.26. The molecule has 0 atom stereocenters. The number of aryl methyl sites for hydroxylation is 2. The van der Waals surface area contributed by atoms with E-state index in [0.29, 0.717) is 36.8 Å². The van der Waals surface area contributed by atoms with Crippen LogP contribution in [0.3, 0.4) is 0 Å². The smallest absolute Gasteiger partial charge is 0.270 e. The van der Waals surface area contributed by atoms with Gasteiger partial charge in [0.1, 0.15) is 5.69 Å². The zero-order valence-corrected chi connectivity index (χ0v) is 15.5. The third kappa shape index (κ3) is 3.17. The Morgan fingerprint density at radius 1 is 0.962 bits per heavy atom. The first-order valence-electron chi connectivity index (χ1n) is 9.10. The van der Waals surface area contributed by atoms with Gasteiger partial charge in [0.2, 0.25) is 10.0 Å². The lowest BCUT2D eigenvalue weighted by molar-refractivity contribution is 0.0692. The summed E-state index contributed by atoms with van der Waals surface area (Å²) in [6.45, 7) is 1.46. The molecule has 0 saturated carbocycles. The second kappa shape index (κ2) is 6.89. The molecular weight excluding hydrogens is 350 g/mol. The number of sulfonamides is 1. The average Bonchev–Trinajstić information content (AvgIpc) is 3.22. The molecule has 2 aliphatic rings. The van der Waals surface area contributed by atoms with Crippen LogP contribution in [0.2, 0.25) is 0 Å². The molecule has 1 aliphatic heterocycles. The number of hydrogen-bond donors (Lipinski definition) is 1. The number of nitrogens with one attached hydrogen (secondary N) is 1. The van der Waals surface area contributed by atoms with Crippen molar-refractivity contribution in [3.05, 3.63) is 53.3 Å². The Balaban J connectivity index is 1.47. The molecule has 7 heteroatoms. The molecule has 1 aliphatic carbocycles. The molecule has 0 spiro atoms. The first-order chi connectivity index (χ1) is 12.6. The number of carbonyl (C=O) groups is 1. The van der Waals surface area contributed by atoms with Gasteiger partial charge >= 0.3 is 0 Å². The molecule has 26 heavy (non-hydrogen) atoms. The predicted octanol–water partition coefficient (Wildman–Crippen LogP) is 2.04. The monoisotopic (exact) mass is 373 g/mol. The fourth-order valence-electron chi connectivity index (χ4n) is 3.78. The average molecular weight is 373 g/mol. The van der Waals surface area contributed by atoms with Crippen molar-refractivity contribution < 1.29 is 13.2 Å². The number of aromatic amines is 1. The molecule has 4 rings (SSSR count). The third-order valence-electron chi connectivity index (χ3n) is 5.31. The van der Waals surface area contributed by atoms with Crippen LogP contribution in [0.15, 0.2) is 41.4 Å². The van der Waals surface area contributed by atoms with Crippen LogP contribution in [0.25, 0.3) is 0 Å². The maximum atomic E-state index is 13.0. The van der Waals surface area contributed by atoms with Crippen LogP contribution in [0.1, 0.15) is 34.5 Å². The number of hydrogen-bond acceptors (Lipinski definition) is 3. The number of rotatable bonds is 3. The van der Waals surface area contributed by atoms with E-state index in [4.69, 9.17) is 0 Å². The largest absolute Gasteiger partial charge is 0.357 e. The van der Waals surface area contributed by atoms with Gasteiger partial charge in [-0.25, -0.2) is 8.42 Å². The van der Waals surface area contributed by atoms with Gasteiger partial charge in [-0.15, -0.1) is 0 Å². The quantitative estimate of drug-likeness (QED) is 0.895. The summed E-state index contributed by atoms with van der Waals surface area (Å²) in [5.41, 5.74) is 2.98. The second-order valence-electron chi connectivity index (χ2n) is 6.92. The Morgan fingerprint density at radius 3 is 2.38 bits per heavy atom. The summed E-state index contributed by atoms with van der Waals surface area (Å²) in [5.74, 6) is -0.0826. The van der Waals surface area contributed by atoms with Gasteiger partial charge in [-0.3, -0.25) is 4.79 Å². The highest BCUT2D eigenvalue weighted by molar-refractivity contribution is 7.89. The van der Waals surface area contributed by atoms with E-state index >= 15 is 0 Å². The summed E-state index contributed by atoms with van der Waals surface area (Å²) in [7, 11) is -3.51. The molecule has 1 saturated heterocycles. The first kappa shape index (κ1) is 17.3. The highest BCUT2D eigenvalue weighted by Gasteiger charge is 2.31. The summed E-state index contributed by atoms with van der Waals surface area (Å²) in [5, 5.41) is 0. The number of aromatic nitrogens is 1. The van der Waals surface area contributed by atoms with Crippen LogP contribution in [0, 0.1) is 0 Å². The lowest BCUT2D eigenvalue weighted by Gasteiger charge is -2.34. The van der Waals surface area contributed by atoms with E-state index in [2.05, 4.69) is 4.98 Å². The molecule has 138 valence electrons. The normalized spacial score (nSPS) is 18.5. The Morgan fingerprint density at radius 2 is 1.69 bits per heavy atom. The Hall–Kier alpha value is -2.12. The topological polar surface area (TPSA) is 73.5 Å². The minimum atomic E-state index is -3.51. The fraction of sp³-hybridized carbons (Fsp3) is 0.421. The van der Waals surface area contributed by atoms with E-state index in [0.717, 1.165) is 24.8 Å². The molecule has 0 unspecified atom stereocenters. The van der Waals surface area contributed by atoms with Crippen molar-refractivity contribution in [1.29, 1.82) is 0 Å². The van der Waals surface area contributed by atoms with Crippen molar-refractivity contribution in [2.75, 3.05) is 26.2 Å². The first-order valence-corrected chi connectivity index (χ1v) is 10.5. The standard InChI is InChI=1S/C19H23N3O3S/c23-19(18-6-3-9-20-18)21-10-12-22(13-11-21)26(24,25)17-8-7-15-4-1-2-5-16(15)14-17/h3,6-9,14,20H,1-2,4-5,10-13H2. The van der Waals surface area contributed by atoms with Gasteiger partial charge in [-0.05, 0) is 61.1 Å². The number of amides is 1. The molecule has 1 aromatic carbocycles. The zero-order chi connectivity index (χ0) is 18.1. The predicted molar refractivity (Wildman–Crippen MR) is 98.5 cm³/mol. The van der Waals surface area contributed by atoms with E-state index in [-0.39, 0.29) is 5.91 Å². The van der Waals surface area contributed by atoms with Crippen molar-refractivity contribution in [2.45, 2.75) is 30.6 Å². The van der Waals surface area contributed by atoms with E-state index in [9.17, 15) is 13.2 Å². The van der Waals surface area contributed by atoms with Crippen LogP contribution in [-0.4, -0.2) is 54.7 Å². The summed E-state index contributed by atoms with van der Waals surface area (Å²) >= 11 is 0. The molecule has 6 nitrogen and oxygen atoms in total. The maximum absolute atomic E-state index is 13.0. The number of H-pyrrole nitrogens is 1. The van der Waals surface area contributed by atoms with E-state index in [1.54, 1.807) is 29.3 Å². The van der Waals surface area contributed by atoms with Crippen LogP contribution in [0.4, 0.5) is 0 Å². The molecule has 2 aromatic rings. The molecule has 1 fully saturated rings. The van der Waals surface area contributed by atoms with Gasteiger partial charge in [0.25, 0.3) is 5.91 Å². The van der Waals surface area contributed by atoms with Gasteiger partial charge in [0.05, 0.1) is 4.90 Å². The SMILES string of the molecule is O=C(c1ccc[nH]1)N1CCN(S(=O)(=O)c2ccc3c(c2)CCCC3)CC1. The van der Waals surface area contributed by atoms with Crippen molar-refractivity contribution in [2.24, 2.45) is 0 Å². The maximum Gasteiger partial charge on any atom is 0.270 e. The van der Waals surface area contributed by atoms with Crippen LogP contribution in [-0.2, 0) is 22.9 Å². The van der Waals surface area contributed by atoms with Gasteiger partial charge in [0, 0.05) is 32.4 Å². The Bertz CT molecular complexity index is 898. The number of benzene rings is 1. The Kier molecular flexibility index (Phi) is 4.58. The van der Waals surface area contributed by atoms with Gasteiger partial charge in [-0.1, -0.05) is 6.07 Å². The summed E-state index contributed by atoms with van der Waals surface area (Å²) < 4.78 is 27.5. The van der Waals surface area contributed by atoms with Crippen molar-refractivity contribution in [1.82, 2.24) is 14.2 Å². The van der Waals surface area contributed by atoms with Crippen molar-refractivity contribution in [3.63, 3.8) is 0 Å². The van der Waals surface area contributed by atoms with Crippen LogP contribution >= 0.6 is 0 Å². The molecule has 1 aromatic heterocycles. The molecule has 0 radical (unpaired) electrons. The number of carbonyl (C=O) groups excluding carboxylic acids is 1. The summed E-state index contributed by atoms with van der Waals surface area (Å²) in [6.07, 6.45) is 6.00.